The second-order valence-corrected chi connectivity index (χ2v) is 6.41. The second-order valence-electron chi connectivity index (χ2n) is 5.40. The van der Waals surface area contributed by atoms with Crippen molar-refractivity contribution in [1.29, 1.82) is 0 Å². The van der Waals surface area contributed by atoms with Gasteiger partial charge in [-0.2, -0.15) is 5.10 Å². The Hall–Kier alpha value is -2.74. The number of nitro groups is 1. The summed E-state index contributed by atoms with van der Waals surface area (Å²) in [7, 11) is 0. The van der Waals surface area contributed by atoms with E-state index in [4.69, 9.17) is 0 Å². The number of nitrogens with zero attached hydrogens (tertiary/aromatic N) is 3. The third-order valence-corrected chi connectivity index (χ3v) is 5.08. The minimum atomic E-state index is -0.473. The number of hydrogen-bond acceptors (Lipinski definition) is 5. The lowest BCUT2D eigenvalue weighted by Gasteiger charge is -2.26. The summed E-state index contributed by atoms with van der Waals surface area (Å²) >= 11 is 1.71. The number of hydrogen-bond donors (Lipinski definition) is 1. The number of non-ortho nitro benzene ring substituents is 1. The van der Waals surface area contributed by atoms with Gasteiger partial charge in [0.2, 0.25) is 0 Å². The molecule has 8 heteroatoms. The van der Waals surface area contributed by atoms with Crippen molar-refractivity contribution in [3.05, 3.63) is 55.9 Å². The van der Waals surface area contributed by atoms with Crippen LogP contribution in [0.25, 0.3) is 10.9 Å². The van der Waals surface area contributed by atoms with Crippen LogP contribution in [0.5, 0.6) is 0 Å². The molecule has 0 saturated carbocycles. The molecule has 2 aromatic heterocycles. The molecule has 1 aliphatic rings. The van der Waals surface area contributed by atoms with Gasteiger partial charge in [0.05, 0.1) is 10.4 Å². The Kier molecular flexibility index (Phi) is 3.12. The molecule has 0 saturated heterocycles. The molecule has 0 radical (unpaired) electrons. The summed E-state index contributed by atoms with van der Waals surface area (Å²) in [5, 5.41) is 20.3. The fourth-order valence-corrected chi connectivity index (χ4v) is 3.74. The molecule has 7 nitrogen and oxygen atoms in total. The number of nitro benzene ring substituents is 1. The number of aromatic amines is 1. The van der Waals surface area contributed by atoms with Gasteiger partial charge in [0.1, 0.15) is 0 Å². The SMILES string of the molecule is O=C(c1n[nH]c2ccc([N+](=O)[O-])cc12)N1CCc2sccc2C1. The molecule has 1 aliphatic heterocycles. The van der Waals surface area contributed by atoms with E-state index in [1.807, 2.05) is 11.4 Å². The Morgan fingerprint density at radius 2 is 2.26 bits per heavy atom. The summed E-state index contributed by atoms with van der Waals surface area (Å²) in [5.74, 6) is -0.200. The molecule has 0 atom stereocenters. The third kappa shape index (κ3) is 2.27. The number of amides is 1. The average molecular weight is 328 g/mol. The number of rotatable bonds is 2. The molecule has 23 heavy (non-hydrogen) atoms. The zero-order valence-electron chi connectivity index (χ0n) is 12.0. The van der Waals surface area contributed by atoms with E-state index < -0.39 is 4.92 Å². The molecule has 0 fully saturated rings. The average Bonchev–Trinajstić information content (AvgIpc) is 3.19. The summed E-state index contributed by atoms with van der Waals surface area (Å²) in [4.78, 5) is 26.3. The van der Waals surface area contributed by atoms with Gasteiger partial charge in [-0.1, -0.05) is 0 Å². The van der Waals surface area contributed by atoms with Crippen LogP contribution in [0, 0.1) is 10.1 Å². The van der Waals surface area contributed by atoms with Crippen LogP contribution in [0.1, 0.15) is 20.9 Å². The van der Waals surface area contributed by atoms with Gasteiger partial charge < -0.3 is 4.90 Å². The Morgan fingerprint density at radius 3 is 3.09 bits per heavy atom. The van der Waals surface area contributed by atoms with E-state index in [2.05, 4.69) is 10.2 Å². The van der Waals surface area contributed by atoms with Crippen LogP contribution in [0.15, 0.2) is 29.6 Å². The number of nitrogens with one attached hydrogen (secondary N) is 1. The van der Waals surface area contributed by atoms with E-state index in [0.29, 0.717) is 24.0 Å². The van der Waals surface area contributed by atoms with Crippen molar-refractivity contribution in [2.45, 2.75) is 13.0 Å². The molecule has 0 bridgehead atoms. The van der Waals surface area contributed by atoms with Crippen molar-refractivity contribution in [3.63, 3.8) is 0 Å². The lowest BCUT2D eigenvalue weighted by atomic mass is 10.1. The first-order chi connectivity index (χ1) is 11.1. The van der Waals surface area contributed by atoms with Crippen molar-refractivity contribution in [2.24, 2.45) is 0 Å². The highest BCUT2D eigenvalue weighted by Gasteiger charge is 2.26. The van der Waals surface area contributed by atoms with E-state index in [1.54, 1.807) is 22.3 Å². The standard InChI is InChI=1S/C15H12N4O3S/c20-15(18-5-3-13-9(8-18)4-6-23-13)14-11-7-10(19(21)22)1-2-12(11)16-17-14/h1-2,4,6-7H,3,5,8H2,(H,16,17). The molecular weight excluding hydrogens is 316 g/mol. The maximum Gasteiger partial charge on any atom is 0.275 e. The number of fused-ring (bicyclic) bond motifs is 2. The van der Waals surface area contributed by atoms with Crippen molar-refractivity contribution < 1.29 is 9.72 Å². The molecule has 3 heterocycles. The molecule has 116 valence electrons. The van der Waals surface area contributed by atoms with E-state index in [9.17, 15) is 14.9 Å². The van der Waals surface area contributed by atoms with Crippen LogP contribution < -0.4 is 0 Å². The number of benzene rings is 1. The van der Waals surface area contributed by atoms with E-state index in [1.165, 1.54) is 22.6 Å². The van der Waals surface area contributed by atoms with Crippen molar-refractivity contribution in [3.8, 4) is 0 Å². The Labute approximate surface area is 134 Å². The summed E-state index contributed by atoms with van der Waals surface area (Å²) in [6.07, 6.45) is 0.835. The molecule has 0 spiro atoms. The predicted octanol–water partition coefficient (Wildman–Crippen LogP) is 2.73. The van der Waals surface area contributed by atoms with E-state index in [0.717, 1.165) is 6.42 Å². The minimum absolute atomic E-state index is 0.0493. The molecule has 0 aliphatic carbocycles. The Morgan fingerprint density at radius 1 is 1.39 bits per heavy atom. The topological polar surface area (TPSA) is 92.1 Å². The lowest BCUT2D eigenvalue weighted by molar-refractivity contribution is -0.384. The number of carbonyl (C=O) groups excluding carboxylic acids is 1. The van der Waals surface area contributed by atoms with E-state index in [-0.39, 0.29) is 17.3 Å². The van der Waals surface area contributed by atoms with Crippen LogP contribution in [-0.4, -0.2) is 32.5 Å². The van der Waals surface area contributed by atoms with Gasteiger partial charge >= 0.3 is 0 Å². The Balaban J connectivity index is 1.70. The number of carbonyl (C=O) groups is 1. The van der Waals surface area contributed by atoms with Gasteiger partial charge in [0.25, 0.3) is 11.6 Å². The highest BCUT2D eigenvalue weighted by molar-refractivity contribution is 7.10. The Bertz CT molecular complexity index is 930. The molecule has 1 N–H and O–H groups in total. The highest BCUT2D eigenvalue weighted by Crippen LogP contribution is 2.27. The summed E-state index contributed by atoms with van der Waals surface area (Å²) in [6.45, 7) is 1.19. The quantitative estimate of drug-likeness (QED) is 0.578. The normalized spacial score (nSPS) is 14.0. The van der Waals surface area contributed by atoms with Crippen LogP contribution in [0.2, 0.25) is 0 Å². The number of thiophene rings is 1. The van der Waals surface area contributed by atoms with Gasteiger partial charge in [-0.25, -0.2) is 0 Å². The monoisotopic (exact) mass is 328 g/mol. The van der Waals surface area contributed by atoms with Crippen molar-refractivity contribution in [2.75, 3.05) is 6.54 Å². The zero-order valence-corrected chi connectivity index (χ0v) is 12.8. The molecular formula is C15H12N4O3S. The third-order valence-electron chi connectivity index (χ3n) is 4.05. The van der Waals surface area contributed by atoms with Gasteiger partial charge in [-0.15, -0.1) is 11.3 Å². The summed E-state index contributed by atoms with van der Waals surface area (Å²) < 4.78 is 0. The van der Waals surface area contributed by atoms with Crippen LogP contribution in [0.4, 0.5) is 5.69 Å². The molecule has 0 unspecified atom stereocenters. The van der Waals surface area contributed by atoms with Crippen LogP contribution in [0.3, 0.4) is 0 Å². The van der Waals surface area contributed by atoms with Gasteiger partial charge in [0.15, 0.2) is 5.69 Å². The predicted molar refractivity (Wildman–Crippen MR) is 85.5 cm³/mol. The van der Waals surface area contributed by atoms with Crippen molar-refractivity contribution >= 4 is 33.8 Å². The second kappa shape index (κ2) is 5.17. The van der Waals surface area contributed by atoms with Gasteiger partial charge in [-0.3, -0.25) is 20.0 Å². The number of aromatic nitrogens is 2. The van der Waals surface area contributed by atoms with Crippen LogP contribution in [-0.2, 0) is 13.0 Å². The van der Waals surface area contributed by atoms with Crippen LogP contribution >= 0.6 is 11.3 Å². The first kappa shape index (κ1) is 13.9. The molecule has 1 amide bonds. The van der Waals surface area contributed by atoms with E-state index >= 15 is 0 Å². The smallest absolute Gasteiger partial charge is 0.275 e. The fraction of sp³-hybridized carbons (Fsp3) is 0.200. The zero-order chi connectivity index (χ0) is 16.0. The lowest BCUT2D eigenvalue weighted by Crippen LogP contribution is -2.35. The minimum Gasteiger partial charge on any atom is -0.333 e. The molecule has 4 rings (SSSR count). The molecule has 1 aromatic carbocycles. The first-order valence-corrected chi connectivity index (χ1v) is 7.98. The summed E-state index contributed by atoms with van der Waals surface area (Å²) in [5.41, 5.74) is 1.97. The van der Waals surface area contributed by atoms with Gasteiger partial charge in [0, 0.05) is 35.5 Å². The number of H-pyrrole nitrogens is 1. The molecule has 3 aromatic rings. The maximum absolute atomic E-state index is 12.8. The fourth-order valence-electron chi connectivity index (χ4n) is 2.85. The largest absolute Gasteiger partial charge is 0.333 e. The first-order valence-electron chi connectivity index (χ1n) is 7.10. The highest BCUT2D eigenvalue weighted by atomic mass is 32.1. The maximum atomic E-state index is 12.8. The van der Waals surface area contributed by atoms with Crippen molar-refractivity contribution in [1.82, 2.24) is 15.1 Å². The summed E-state index contributed by atoms with van der Waals surface area (Å²) in [6, 6.07) is 6.40. The van der Waals surface area contributed by atoms with Gasteiger partial charge in [-0.05, 0) is 29.5 Å².